The summed E-state index contributed by atoms with van der Waals surface area (Å²) in [6.45, 7) is 2.58. The van der Waals surface area contributed by atoms with Crippen LogP contribution in [-0.2, 0) is 15.6 Å². The van der Waals surface area contributed by atoms with Crippen LogP contribution in [0.4, 0.5) is 0 Å². The van der Waals surface area contributed by atoms with E-state index in [-0.39, 0.29) is 23.5 Å². The Kier molecular flexibility index (Phi) is 6.46. The maximum Gasteiger partial charge on any atom is 0.254 e. The summed E-state index contributed by atoms with van der Waals surface area (Å²) in [6.07, 6.45) is 1.34. The van der Waals surface area contributed by atoms with Gasteiger partial charge >= 0.3 is 0 Å². The summed E-state index contributed by atoms with van der Waals surface area (Å²) in [5.41, 5.74) is 2.76. The van der Waals surface area contributed by atoms with Gasteiger partial charge in [-0.1, -0.05) is 43.0 Å². The van der Waals surface area contributed by atoms with Gasteiger partial charge in [-0.05, 0) is 42.7 Å². The Morgan fingerprint density at radius 3 is 2.63 bits per heavy atom. The van der Waals surface area contributed by atoms with E-state index in [1.165, 1.54) is 4.70 Å². The van der Waals surface area contributed by atoms with Gasteiger partial charge in [-0.25, -0.2) is 13.4 Å². The number of carbonyl (C=O) groups excluding carboxylic acids is 1. The fourth-order valence-corrected chi connectivity index (χ4v) is 7.43. The minimum absolute atomic E-state index is 0.0790. The van der Waals surface area contributed by atoms with Gasteiger partial charge in [0, 0.05) is 23.9 Å². The van der Waals surface area contributed by atoms with E-state index in [9.17, 15) is 13.2 Å². The first kappa shape index (κ1) is 21.3. The van der Waals surface area contributed by atoms with Gasteiger partial charge in [-0.15, -0.1) is 11.3 Å². The van der Waals surface area contributed by atoms with Gasteiger partial charge in [-0.3, -0.25) is 4.79 Å². The smallest absolute Gasteiger partial charge is 0.254 e. The molecule has 0 radical (unpaired) electrons. The van der Waals surface area contributed by atoms with Crippen LogP contribution in [0.3, 0.4) is 0 Å². The van der Waals surface area contributed by atoms with Crippen molar-refractivity contribution in [1.29, 1.82) is 0 Å². The predicted octanol–water partition coefficient (Wildman–Crippen LogP) is 4.63. The number of amides is 1. The van der Waals surface area contributed by atoms with E-state index in [2.05, 4.69) is 11.1 Å². The van der Waals surface area contributed by atoms with E-state index in [1.807, 2.05) is 49.4 Å². The van der Waals surface area contributed by atoms with Crippen molar-refractivity contribution >= 4 is 49.1 Å². The van der Waals surface area contributed by atoms with E-state index < -0.39 is 9.84 Å². The molecule has 0 bridgehead atoms. The molecule has 0 N–H and O–H groups in total. The van der Waals surface area contributed by atoms with Crippen molar-refractivity contribution in [3.8, 4) is 0 Å². The van der Waals surface area contributed by atoms with Crippen LogP contribution in [0, 0.1) is 0 Å². The number of nitrogens with zero attached hydrogens (tertiary/aromatic N) is 2. The van der Waals surface area contributed by atoms with Gasteiger partial charge in [0.25, 0.3) is 5.91 Å². The highest BCUT2D eigenvalue weighted by atomic mass is 32.2. The first-order chi connectivity index (χ1) is 14.4. The molecule has 1 aliphatic heterocycles. The minimum atomic E-state index is -3.03. The lowest BCUT2D eigenvalue weighted by Gasteiger charge is -2.28. The van der Waals surface area contributed by atoms with Gasteiger partial charge in [0.15, 0.2) is 14.2 Å². The molecule has 1 fully saturated rings. The summed E-state index contributed by atoms with van der Waals surface area (Å²) in [7, 11) is -3.03. The number of rotatable bonds is 7. The van der Waals surface area contributed by atoms with Gasteiger partial charge in [0.05, 0.1) is 21.7 Å². The van der Waals surface area contributed by atoms with Gasteiger partial charge in [0.2, 0.25) is 0 Å². The van der Waals surface area contributed by atoms with E-state index in [0.29, 0.717) is 18.5 Å². The molecule has 1 atom stereocenters. The van der Waals surface area contributed by atoms with Crippen molar-refractivity contribution in [2.75, 3.05) is 18.1 Å². The molecule has 5 nitrogen and oxygen atoms in total. The second-order valence-electron chi connectivity index (χ2n) is 7.49. The summed E-state index contributed by atoms with van der Waals surface area (Å²) >= 11 is 3.38. The number of para-hydroxylation sites is 1. The summed E-state index contributed by atoms with van der Waals surface area (Å²) in [4.78, 5) is 19.4. The molecule has 2 heterocycles. The molecule has 1 aliphatic rings. The number of sulfone groups is 1. The van der Waals surface area contributed by atoms with Crippen molar-refractivity contribution in [2.24, 2.45) is 0 Å². The average Bonchev–Trinajstić information content (AvgIpc) is 3.32. The SMILES string of the molecule is CCCN(C(=O)c1ccc(CSc2nc3ccccc3s2)cc1)C1CCS(=O)(=O)C1. The van der Waals surface area contributed by atoms with Crippen molar-refractivity contribution < 1.29 is 13.2 Å². The van der Waals surface area contributed by atoms with E-state index in [4.69, 9.17) is 0 Å². The number of thioether (sulfide) groups is 1. The maximum atomic E-state index is 13.0. The molecule has 0 aliphatic carbocycles. The predicted molar refractivity (Wildman–Crippen MR) is 124 cm³/mol. The third-order valence-electron chi connectivity index (χ3n) is 5.21. The number of hydrogen-bond donors (Lipinski definition) is 0. The van der Waals surface area contributed by atoms with Crippen molar-refractivity contribution in [1.82, 2.24) is 9.88 Å². The summed E-state index contributed by atoms with van der Waals surface area (Å²) in [6, 6.07) is 15.6. The third kappa shape index (κ3) is 4.87. The van der Waals surface area contributed by atoms with Crippen LogP contribution in [0.25, 0.3) is 10.2 Å². The quantitative estimate of drug-likeness (QED) is 0.481. The number of carbonyl (C=O) groups is 1. The largest absolute Gasteiger partial charge is 0.335 e. The third-order valence-corrected chi connectivity index (χ3v) is 9.21. The fourth-order valence-electron chi connectivity index (χ4n) is 3.68. The summed E-state index contributed by atoms with van der Waals surface area (Å²) in [5, 5.41) is 0. The zero-order valence-electron chi connectivity index (χ0n) is 16.8. The monoisotopic (exact) mass is 460 g/mol. The first-order valence-corrected chi connectivity index (χ1v) is 13.7. The maximum absolute atomic E-state index is 13.0. The molecule has 158 valence electrons. The lowest BCUT2D eigenvalue weighted by atomic mass is 10.1. The van der Waals surface area contributed by atoms with Gasteiger partial charge < -0.3 is 4.90 Å². The Morgan fingerprint density at radius 1 is 1.20 bits per heavy atom. The second-order valence-corrected chi connectivity index (χ2v) is 12.0. The highest BCUT2D eigenvalue weighted by Gasteiger charge is 2.34. The highest BCUT2D eigenvalue weighted by Crippen LogP contribution is 2.31. The number of benzene rings is 2. The Morgan fingerprint density at radius 2 is 1.97 bits per heavy atom. The molecule has 1 amide bonds. The fraction of sp³-hybridized carbons (Fsp3) is 0.364. The molecule has 1 unspecified atom stereocenters. The van der Waals surface area contributed by atoms with Crippen molar-refractivity contribution in [3.63, 3.8) is 0 Å². The molecule has 0 saturated carbocycles. The Balaban J connectivity index is 1.41. The summed E-state index contributed by atoms with van der Waals surface area (Å²) < 4.78 is 25.9. The standard InChI is InChI=1S/C22H24N2O3S3/c1-2-12-24(18-11-13-30(26,27)15-18)21(25)17-9-7-16(8-10-17)14-28-22-23-19-5-3-4-6-20(19)29-22/h3-10,18H,2,11-15H2,1H3. The van der Waals surface area contributed by atoms with Crippen LogP contribution >= 0.6 is 23.1 Å². The first-order valence-electron chi connectivity index (χ1n) is 10.0. The van der Waals surface area contributed by atoms with Crippen LogP contribution in [0.5, 0.6) is 0 Å². The molecule has 1 aromatic heterocycles. The van der Waals surface area contributed by atoms with Gasteiger partial charge in [-0.2, -0.15) is 0 Å². The molecule has 3 aromatic rings. The highest BCUT2D eigenvalue weighted by molar-refractivity contribution is 8.00. The van der Waals surface area contributed by atoms with Crippen LogP contribution < -0.4 is 0 Å². The van der Waals surface area contributed by atoms with E-state index >= 15 is 0 Å². The summed E-state index contributed by atoms with van der Waals surface area (Å²) in [5.74, 6) is 0.959. The lowest BCUT2D eigenvalue weighted by Crippen LogP contribution is -2.41. The van der Waals surface area contributed by atoms with Crippen LogP contribution in [0.2, 0.25) is 0 Å². The second kappa shape index (κ2) is 9.08. The van der Waals surface area contributed by atoms with Crippen LogP contribution in [0.1, 0.15) is 35.7 Å². The minimum Gasteiger partial charge on any atom is -0.335 e. The van der Waals surface area contributed by atoms with Crippen LogP contribution in [-0.4, -0.2) is 48.3 Å². The van der Waals surface area contributed by atoms with Crippen LogP contribution in [0.15, 0.2) is 52.9 Å². The number of aromatic nitrogens is 1. The molecule has 0 spiro atoms. The Labute approximate surface area is 185 Å². The van der Waals surface area contributed by atoms with E-state index in [0.717, 1.165) is 27.6 Å². The van der Waals surface area contributed by atoms with Crippen molar-refractivity contribution in [3.05, 3.63) is 59.7 Å². The molecular formula is C22H24N2O3S3. The molecule has 1 saturated heterocycles. The molecule has 2 aromatic carbocycles. The molecule has 8 heteroatoms. The average molecular weight is 461 g/mol. The number of thiazole rings is 1. The number of hydrogen-bond acceptors (Lipinski definition) is 6. The number of fused-ring (bicyclic) bond motifs is 1. The van der Waals surface area contributed by atoms with Crippen molar-refractivity contribution in [2.45, 2.75) is 35.9 Å². The molecular weight excluding hydrogens is 436 g/mol. The molecule has 30 heavy (non-hydrogen) atoms. The normalized spacial score (nSPS) is 18.0. The van der Waals surface area contributed by atoms with Gasteiger partial charge in [0.1, 0.15) is 0 Å². The Bertz CT molecular complexity index is 1110. The zero-order valence-corrected chi connectivity index (χ0v) is 19.2. The zero-order chi connectivity index (χ0) is 21.1. The molecule has 4 rings (SSSR count). The van der Waals surface area contributed by atoms with E-state index in [1.54, 1.807) is 28.0 Å². The Hall–Kier alpha value is -1.90. The lowest BCUT2D eigenvalue weighted by molar-refractivity contribution is 0.0697. The topological polar surface area (TPSA) is 67.3 Å².